The van der Waals surface area contributed by atoms with Gasteiger partial charge in [-0.25, -0.2) is 0 Å². The molecule has 0 radical (unpaired) electrons. The molecule has 4 heterocycles. The Morgan fingerprint density at radius 1 is 1.32 bits per heavy atom. The SMILES string of the molecule is Cc1ccc(C(=O)N2C[C@@H](OCc3ccncc3)[C@@H]3OCCC[C@@H]32)o1. The average Bonchev–Trinajstić information content (AvgIpc) is 3.24. The first-order valence-electron chi connectivity index (χ1n) is 8.72. The van der Waals surface area contributed by atoms with Crippen molar-refractivity contribution in [2.75, 3.05) is 13.2 Å². The number of hydrogen-bond donors (Lipinski definition) is 0. The van der Waals surface area contributed by atoms with Gasteiger partial charge in [0.1, 0.15) is 18.0 Å². The molecule has 2 fully saturated rings. The monoisotopic (exact) mass is 342 g/mol. The van der Waals surface area contributed by atoms with Crippen LogP contribution in [0.3, 0.4) is 0 Å². The number of aryl methyl sites for hydroxylation is 1. The fourth-order valence-electron chi connectivity index (χ4n) is 3.66. The van der Waals surface area contributed by atoms with Crippen LogP contribution in [0.1, 0.15) is 34.7 Å². The molecule has 2 saturated heterocycles. The smallest absolute Gasteiger partial charge is 0.289 e. The Labute approximate surface area is 146 Å². The summed E-state index contributed by atoms with van der Waals surface area (Å²) < 4.78 is 17.6. The van der Waals surface area contributed by atoms with E-state index in [1.807, 2.05) is 30.0 Å². The van der Waals surface area contributed by atoms with Gasteiger partial charge >= 0.3 is 0 Å². The van der Waals surface area contributed by atoms with Crippen molar-refractivity contribution in [3.05, 3.63) is 53.7 Å². The number of carbonyl (C=O) groups excluding carboxylic acids is 1. The molecule has 2 aliphatic rings. The lowest BCUT2D eigenvalue weighted by molar-refractivity contribution is -0.0810. The summed E-state index contributed by atoms with van der Waals surface area (Å²) in [7, 11) is 0. The van der Waals surface area contributed by atoms with Gasteiger partial charge < -0.3 is 18.8 Å². The highest BCUT2D eigenvalue weighted by Gasteiger charge is 2.47. The number of hydrogen-bond acceptors (Lipinski definition) is 5. The molecule has 6 heteroatoms. The summed E-state index contributed by atoms with van der Waals surface area (Å²) in [6.07, 6.45) is 5.20. The predicted octanol–water partition coefficient (Wildman–Crippen LogP) is 2.57. The van der Waals surface area contributed by atoms with Crippen molar-refractivity contribution in [1.29, 1.82) is 0 Å². The van der Waals surface area contributed by atoms with Gasteiger partial charge in [0.2, 0.25) is 0 Å². The first-order chi connectivity index (χ1) is 12.2. The van der Waals surface area contributed by atoms with Crippen LogP contribution in [0.25, 0.3) is 0 Å². The minimum Gasteiger partial charge on any atom is -0.456 e. The Hall–Kier alpha value is -2.18. The Morgan fingerprint density at radius 2 is 2.16 bits per heavy atom. The Bertz CT molecular complexity index is 730. The number of rotatable bonds is 4. The van der Waals surface area contributed by atoms with Crippen LogP contribution in [0.4, 0.5) is 0 Å². The van der Waals surface area contributed by atoms with Gasteiger partial charge in [-0.1, -0.05) is 0 Å². The molecule has 0 N–H and O–H groups in total. The molecule has 0 unspecified atom stereocenters. The van der Waals surface area contributed by atoms with Crippen LogP contribution < -0.4 is 0 Å². The summed E-state index contributed by atoms with van der Waals surface area (Å²) in [5.41, 5.74) is 1.06. The maximum Gasteiger partial charge on any atom is 0.289 e. The van der Waals surface area contributed by atoms with E-state index in [-0.39, 0.29) is 24.2 Å². The third-order valence-electron chi connectivity index (χ3n) is 4.90. The van der Waals surface area contributed by atoms with E-state index in [0.29, 0.717) is 18.9 Å². The molecule has 0 spiro atoms. The van der Waals surface area contributed by atoms with Crippen LogP contribution >= 0.6 is 0 Å². The first kappa shape index (κ1) is 16.3. The molecule has 2 aromatic rings. The highest BCUT2D eigenvalue weighted by molar-refractivity contribution is 5.92. The van der Waals surface area contributed by atoms with Gasteiger partial charge in [-0.05, 0) is 49.6 Å². The second-order valence-corrected chi connectivity index (χ2v) is 6.62. The fourth-order valence-corrected chi connectivity index (χ4v) is 3.66. The quantitative estimate of drug-likeness (QED) is 0.854. The molecule has 3 atom stereocenters. The van der Waals surface area contributed by atoms with Crippen molar-refractivity contribution < 1.29 is 18.7 Å². The van der Waals surface area contributed by atoms with Crippen molar-refractivity contribution in [2.45, 2.75) is 44.6 Å². The van der Waals surface area contributed by atoms with E-state index in [1.54, 1.807) is 18.5 Å². The van der Waals surface area contributed by atoms with Crippen LogP contribution in [0, 0.1) is 6.92 Å². The van der Waals surface area contributed by atoms with Gasteiger partial charge in [0.15, 0.2) is 5.76 Å². The fraction of sp³-hybridized carbons (Fsp3) is 0.474. The van der Waals surface area contributed by atoms with Crippen LogP contribution in [0.2, 0.25) is 0 Å². The summed E-state index contributed by atoms with van der Waals surface area (Å²) in [6, 6.07) is 7.47. The third kappa shape index (κ3) is 3.32. The van der Waals surface area contributed by atoms with E-state index in [4.69, 9.17) is 13.9 Å². The second kappa shape index (κ2) is 6.98. The first-order valence-corrected chi connectivity index (χ1v) is 8.72. The highest BCUT2D eigenvalue weighted by atomic mass is 16.5. The third-order valence-corrected chi connectivity index (χ3v) is 4.90. The predicted molar refractivity (Wildman–Crippen MR) is 90.1 cm³/mol. The van der Waals surface area contributed by atoms with Gasteiger partial charge in [-0.2, -0.15) is 0 Å². The molecule has 2 aliphatic heterocycles. The number of pyridine rings is 1. The Balaban J connectivity index is 1.48. The standard InChI is InChI=1S/C19H22N2O4/c1-13-4-5-16(25-13)19(22)21-11-17(18-15(21)3-2-10-23-18)24-12-14-6-8-20-9-7-14/h4-9,15,17-18H,2-3,10-12H2,1H3/t15-,17+,18+/m0/s1. The number of furan rings is 1. The highest BCUT2D eigenvalue weighted by Crippen LogP contribution is 2.32. The van der Waals surface area contributed by atoms with Crippen molar-refractivity contribution in [2.24, 2.45) is 0 Å². The second-order valence-electron chi connectivity index (χ2n) is 6.62. The lowest BCUT2D eigenvalue weighted by Crippen LogP contribution is -2.43. The van der Waals surface area contributed by atoms with Crippen molar-refractivity contribution in [3.63, 3.8) is 0 Å². The number of ether oxygens (including phenoxy) is 2. The molecule has 4 rings (SSSR count). The lowest BCUT2D eigenvalue weighted by Gasteiger charge is -2.31. The van der Waals surface area contributed by atoms with E-state index in [1.165, 1.54) is 0 Å². The maximum atomic E-state index is 12.8. The van der Waals surface area contributed by atoms with Crippen LogP contribution in [0.5, 0.6) is 0 Å². The summed E-state index contributed by atoms with van der Waals surface area (Å²) in [5.74, 6) is 1.05. The largest absolute Gasteiger partial charge is 0.456 e. The molecular formula is C19H22N2O4. The molecule has 1 amide bonds. The minimum atomic E-state index is -0.126. The zero-order valence-electron chi connectivity index (χ0n) is 14.3. The minimum absolute atomic E-state index is 0.0501. The number of aromatic nitrogens is 1. The number of amides is 1. The van der Waals surface area contributed by atoms with Crippen LogP contribution in [-0.4, -0.2) is 47.2 Å². The van der Waals surface area contributed by atoms with Crippen LogP contribution in [0.15, 0.2) is 41.1 Å². The Kier molecular flexibility index (Phi) is 4.55. The number of fused-ring (bicyclic) bond motifs is 1. The van der Waals surface area contributed by atoms with E-state index >= 15 is 0 Å². The van der Waals surface area contributed by atoms with Gasteiger partial charge in [-0.15, -0.1) is 0 Å². The molecule has 0 bridgehead atoms. The molecule has 25 heavy (non-hydrogen) atoms. The molecule has 0 saturated carbocycles. The number of likely N-dealkylation sites (tertiary alicyclic amines) is 1. The molecular weight excluding hydrogens is 320 g/mol. The average molecular weight is 342 g/mol. The van der Waals surface area contributed by atoms with Crippen molar-refractivity contribution >= 4 is 5.91 Å². The van der Waals surface area contributed by atoms with E-state index in [2.05, 4.69) is 4.98 Å². The molecule has 0 aromatic carbocycles. The molecule has 132 valence electrons. The van der Waals surface area contributed by atoms with E-state index in [9.17, 15) is 4.79 Å². The Morgan fingerprint density at radius 3 is 2.92 bits per heavy atom. The summed E-state index contributed by atoms with van der Waals surface area (Å²) in [5, 5.41) is 0. The summed E-state index contributed by atoms with van der Waals surface area (Å²) >= 11 is 0. The van der Waals surface area contributed by atoms with Crippen LogP contribution in [-0.2, 0) is 16.1 Å². The van der Waals surface area contributed by atoms with Crippen molar-refractivity contribution in [1.82, 2.24) is 9.88 Å². The molecule has 0 aliphatic carbocycles. The van der Waals surface area contributed by atoms with E-state index < -0.39 is 0 Å². The summed E-state index contributed by atoms with van der Waals surface area (Å²) in [4.78, 5) is 18.7. The topological polar surface area (TPSA) is 64.8 Å². The van der Waals surface area contributed by atoms with Gasteiger partial charge in [0.05, 0.1) is 19.2 Å². The molecule has 6 nitrogen and oxygen atoms in total. The van der Waals surface area contributed by atoms with Gasteiger partial charge in [0.25, 0.3) is 5.91 Å². The summed E-state index contributed by atoms with van der Waals surface area (Å²) in [6.45, 7) is 3.58. The number of nitrogens with zero attached hydrogens (tertiary/aromatic N) is 2. The van der Waals surface area contributed by atoms with E-state index in [0.717, 1.165) is 30.8 Å². The van der Waals surface area contributed by atoms with Gasteiger partial charge in [0, 0.05) is 19.0 Å². The normalized spacial score (nSPS) is 25.8. The number of carbonyl (C=O) groups is 1. The maximum absolute atomic E-state index is 12.8. The zero-order chi connectivity index (χ0) is 17.2. The van der Waals surface area contributed by atoms with Gasteiger partial charge in [-0.3, -0.25) is 9.78 Å². The zero-order valence-corrected chi connectivity index (χ0v) is 14.3. The lowest BCUT2D eigenvalue weighted by atomic mass is 10.0. The van der Waals surface area contributed by atoms with Crippen molar-refractivity contribution in [3.8, 4) is 0 Å². The molecule has 2 aromatic heterocycles.